The van der Waals surface area contributed by atoms with Crippen LogP contribution in [-0.2, 0) is 9.59 Å². The fourth-order valence-electron chi connectivity index (χ4n) is 2.37. The SMILES string of the molecule is O=C1C[C@H](Nc2ccccc2)C(=O)N1c1cccc(Cl)c1. The maximum atomic E-state index is 12.4. The summed E-state index contributed by atoms with van der Waals surface area (Å²) in [6, 6.07) is 15.6. The van der Waals surface area contributed by atoms with Crippen molar-refractivity contribution < 1.29 is 9.59 Å². The Morgan fingerprint density at radius 1 is 1.05 bits per heavy atom. The monoisotopic (exact) mass is 300 g/mol. The van der Waals surface area contributed by atoms with E-state index < -0.39 is 6.04 Å². The molecule has 1 aliphatic rings. The van der Waals surface area contributed by atoms with Gasteiger partial charge in [0.2, 0.25) is 5.91 Å². The molecule has 5 heteroatoms. The first kappa shape index (κ1) is 13.6. The van der Waals surface area contributed by atoms with E-state index in [1.54, 1.807) is 24.3 Å². The first-order valence-electron chi connectivity index (χ1n) is 6.59. The topological polar surface area (TPSA) is 49.4 Å². The maximum Gasteiger partial charge on any atom is 0.256 e. The van der Waals surface area contributed by atoms with Crippen LogP contribution in [0.25, 0.3) is 0 Å². The summed E-state index contributed by atoms with van der Waals surface area (Å²) in [6.45, 7) is 0. The van der Waals surface area contributed by atoms with Crippen LogP contribution in [0.15, 0.2) is 54.6 Å². The summed E-state index contributed by atoms with van der Waals surface area (Å²) in [5, 5.41) is 3.58. The van der Waals surface area contributed by atoms with Crippen LogP contribution < -0.4 is 10.2 Å². The van der Waals surface area contributed by atoms with Gasteiger partial charge >= 0.3 is 0 Å². The van der Waals surface area contributed by atoms with Gasteiger partial charge in [-0.25, -0.2) is 4.90 Å². The molecule has 0 aromatic heterocycles. The summed E-state index contributed by atoms with van der Waals surface area (Å²) < 4.78 is 0. The van der Waals surface area contributed by atoms with Crippen molar-refractivity contribution in [3.05, 3.63) is 59.6 Å². The van der Waals surface area contributed by atoms with Gasteiger partial charge in [-0.3, -0.25) is 9.59 Å². The van der Waals surface area contributed by atoms with Gasteiger partial charge in [0.05, 0.1) is 12.1 Å². The second-order valence-electron chi connectivity index (χ2n) is 4.81. The zero-order chi connectivity index (χ0) is 14.8. The summed E-state index contributed by atoms with van der Waals surface area (Å²) in [6.07, 6.45) is 0.139. The lowest BCUT2D eigenvalue weighted by atomic mass is 10.2. The largest absolute Gasteiger partial charge is 0.373 e. The molecule has 1 saturated heterocycles. The van der Waals surface area contributed by atoms with Gasteiger partial charge < -0.3 is 5.32 Å². The van der Waals surface area contributed by atoms with Crippen molar-refractivity contribution in [3.8, 4) is 0 Å². The number of nitrogens with zero attached hydrogens (tertiary/aromatic N) is 1. The number of hydrogen-bond acceptors (Lipinski definition) is 3. The number of anilines is 2. The number of nitrogens with one attached hydrogen (secondary N) is 1. The molecular formula is C16H13ClN2O2. The molecule has 0 saturated carbocycles. The Bertz CT molecular complexity index is 688. The highest BCUT2D eigenvalue weighted by atomic mass is 35.5. The minimum absolute atomic E-state index is 0.139. The summed E-state index contributed by atoms with van der Waals surface area (Å²) in [5.74, 6) is -0.484. The fraction of sp³-hybridized carbons (Fsp3) is 0.125. The number of rotatable bonds is 3. The highest BCUT2D eigenvalue weighted by Crippen LogP contribution is 2.26. The lowest BCUT2D eigenvalue weighted by molar-refractivity contribution is -0.121. The first-order valence-corrected chi connectivity index (χ1v) is 6.97. The number of benzene rings is 2. The minimum atomic E-state index is -0.543. The van der Waals surface area contributed by atoms with Crippen molar-refractivity contribution in [2.24, 2.45) is 0 Å². The first-order chi connectivity index (χ1) is 10.1. The maximum absolute atomic E-state index is 12.4. The molecule has 1 atom stereocenters. The predicted octanol–water partition coefficient (Wildman–Crippen LogP) is 3.08. The molecule has 4 nitrogen and oxygen atoms in total. The van der Waals surface area contributed by atoms with Crippen LogP contribution in [0.3, 0.4) is 0 Å². The molecule has 2 aromatic rings. The molecule has 2 aromatic carbocycles. The zero-order valence-electron chi connectivity index (χ0n) is 11.1. The molecule has 3 rings (SSSR count). The lowest BCUT2D eigenvalue weighted by Crippen LogP contribution is -2.34. The van der Waals surface area contributed by atoms with E-state index in [4.69, 9.17) is 11.6 Å². The van der Waals surface area contributed by atoms with Crippen molar-refractivity contribution in [2.45, 2.75) is 12.5 Å². The molecular weight excluding hydrogens is 288 g/mol. The standard InChI is InChI=1S/C16H13ClN2O2/c17-11-5-4-8-13(9-11)19-15(20)10-14(16(19)21)18-12-6-2-1-3-7-12/h1-9,14,18H,10H2/t14-/m0/s1. The number of halogens is 1. The zero-order valence-corrected chi connectivity index (χ0v) is 11.9. The quantitative estimate of drug-likeness (QED) is 0.886. The molecule has 1 aliphatic heterocycles. The Hall–Kier alpha value is -2.33. The van der Waals surface area contributed by atoms with E-state index >= 15 is 0 Å². The van der Waals surface area contributed by atoms with E-state index in [9.17, 15) is 9.59 Å². The van der Waals surface area contributed by atoms with Crippen molar-refractivity contribution in [3.63, 3.8) is 0 Å². The average molecular weight is 301 g/mol. The number of amides is 2. The Labute approximate surface area is 127 Å². The Morgan fingerprint density at radius 2 is 1.81 bits per heavy atom. The average Bonchev–Trinajstić information content (AvgIpc) is 2.74. The third-order valence-corrected chi connectivity index (χ3v) is 3.56. The molecule has 0 radical (unpaired) electrons. The molecule has 1 N–H and O–H groups in total. The van der Waals surface area contributed by atoms with Crippen LogP contribution in [-0.4, -0.2) is 17.9 Å². The number of imide groups is 1. The van der Waals surface area contributed by atoms with Gasteiger partial charge in [0.25, 0.3) is 5.91 Å². The molecule has 0 unspecified atom stereocenters. The van der Waals surface area contributed by atoms with Crippen molar-refractivity contribution in [1.29, 1.82) is 0 Å². The van der Waals surface area contributed by atoms with E-state index in [2.05, 4.69) is 5.32 Å². The number of para-hydroxylation sites is 1. The molecule has 0 aliphatic carbocycles. The number of carbonyl (C=O) groups is 2. The molecule has 106 valence electrons. The van der Waals surface area contributed by atoms with E-state index in [-0.39, 0.29) is 18.2 Å². The Morgan fingerprint density at radius 3 is 2.52 bits per heavy atom. The van der Waals surface area contributed by atoms with Gasteiger partial charge in [0.15, 0.2) is 0 Å². The van der Waals surface area contributed by atoms with Crippen LogP contribution in [0.2, 0.25) is 5.02 Å². The second-order valence-corrected chi connectivity index (χ2v) is 5.25. The third kappa shape index (κ3) is 2.76. The molecule has 21 heavy (non-hydrogen) atoms. The van der Waals surface area contributed by atoms with Crippen molar-refractivity contribution in [2.75, 3.05) is 10.2 Å². The lowest BCUT2D eigenvalue weighted by Gasteiger charge is -2.16. The number of hydrogen-bond donors (Lipinski definition) is 1. The summed E-state index contributed by atoms with van der Waals surface area (Å²) >= 11 is 5.92. The Balaban J connectivity index is 1.82. The highest BCUT2D eigenvalue weighted by Gasteiger charge is 2.39. The molecule has 0 bridgehead atoms. The summed E-state index contributed by atoms with van der Waals surface area (Å²) in [5.41, 5.74) is 1.33. The van der Waals surface area contributed by atoms with E-state index in [1.165, 1.54) is 4.90 Å². The second kappa shape index (κ2) is 5.58. The van der Waals surface area contributed by atoms with Gasteiger partial charge in [0.1, 0.15) is 6.04 Å². The normalized spacial score (nSPS) is 18.1. The van der Waals surface area contributed by atoms with E-state index in [0.717, 1.165) is 5.69 Å². The van der Waals surface area contributed by atoms with Gasteiger partial charge in [-0.05, 0) is 30.3 Å². The van der Waals surface area contributed by atoms with Crippen LogP contribution in [0.4, 0.5) is 11.4 Å². The van der Waals surface area contributed by atoms with Crippen molar-refractivity contribution in [1.82, 2.24) is 0 Å². The molecule has 1 fully saturated rings. The van der Waals surface area contributed by atoms with E-state index in [0.29, 0.717) is 10.7 Å². The third-order valence-electron chi connectivity index (χ3n) is 3.33. The molecule has 1 heterocycles. The number of carbonyl (C=O) groups excluding carboxylic acids is 2. The Kier molecular flexibility index (Phi) is 3.62. The van der Waals surface area contributed by atoms with Gasteiger partial charge in [-0.1, -0.05) is 35.9 Å². The van der Waals surface area contributed by atoms with Crippen molar-refractivity contribution >= 4 is 34.8 Å². The summed E-state index contributed by atoms with van der Waals surface area (Å²) in [4.78, 5) is 25.7. The predicted molar refractivity (Wildman–Crippen MR) is 82.4 cm³/mol. The highest BCUT2D eigenvalue weighted by molar-refractivity contribution is 6.31. The fourth-order valence-corrected chi connectivity index (χ4v) is 2.55. The minimum Gasteiger partial charge on any atom is -0.373 e. The molecule has 2 amide bonds. The van der Waals surface area contributed by atoms with Crippen LogP contribution in [0.5, 0.6) is 0 Å². The molecule has 0 spiro atoms. The van der Waals surface area contributed by atoms with Gasteiger partial charge in [-0.2, -0.15) is 0 Å². The van der Waals surface area contributed by atoms with E-state index in [1.807, 2.05) is 30.3 Å². The van der Waals surface area contributed by atoms with Gasteiger partial charge in [-0.15, -0.1) is 0 Å². The smallest absolute Gasteiger partial charge is 0.256 e. The van der Waals surface area contributed by atoms with Crippen LogP contribution in [0, 0.1) is 0 Å². The summed E-state index contributed by atoms with van der Waals surface area (Å²) in [7, 11) is 0. The van der Waals surface area contributed by atoms with Crippen LogP contribution in [0.1, 0.15) is 6.42 Å². The van der Waals surface area contributed by atoms with Gasteiger partial charge in [0, 0.05) is 10.7 Å². The van der Waals surface area contributed by atoms with Crippen LogP contribution >= 0.6 is 11.6 Å².